The Hall–Kier alpha value is -2.15. The first kappa shape index (κ1) is 18.2. The second-order valence-corrected chi connectivity index (χ2v) is 7.04. The maximum atomic E-state index is 11.9. The number of carbonyl (C=O) groups is 2. The van der Waals surface area contributed by atoms with E-state index in [2.05, 4.69) is 15.2 Å². The van der Waals surface area contributed by atoms with Crippen molar-refractivity contribution in [1.29, 1.82) is 0 Å². The number of alkyl carbamates (subject to hydrolysis) is 1. The molecule has 1 aliphatic rings. The molecule has 0 aromatic carbocycles. The third-order valence-corrected chi connectivity index (χ3v) is 3.64. The number of hydrogen-bond acceptors (Lipinski definition) is 5. The van der Waals surface area contributed by atoms with Gasteiger partial charge in [-0.25, -0.2) is 14.6 Å². The van der Waals surface area contributed by atoms with E-state index >= 15 is 0 Å². The normalized spacial score (nSPS) is 18.9. The van der Waals surface area contributed by atoms with Gasteiger partial charge in [-0.2, -0.15) is 0 Å². The number of nitrogens with zero attached hydrogens (tertiary/aromatic N) is 2. The smallest absolute Gasteiger partial charge is 0.407 e. The molecule has 2 rings (SSSR count). The number of aromatic carboxylic acids is 1. The highest BCUT2D eigenvalue weighted by Gasteiger charge is 2.24. The van der Waals surface area contributed by atoms with Crippen molar-refractivity contribution in [2.24, 2.45) is 0 Å². The van der Waals surface area contributed by atoms with Crippen molar-refractivity contribution in [3.05, 3.63) is 29.6 Å². The van der Waals surface area contributed by atoms with Gasteiger partial charge in [0.2, 0.25) is 0 Å². The molecule has 1 saturated heterocycles. The molecular weight excluding hydrogens is 310 g/mol. The fraction of sp³-hybridized carbons (Fsp3) is 0.588. The van der Waals surface area contributed by atoms with Crippen LogP contribution in [0.1, 0.15) is 49.8 Å². The molecule has 7 nitrogen and oxygen atoms in total. The zero-order valence-corrected chi connectivity index (χ0v) is 14.4. The summed E-state index contributed by atoms with van der Waals surface area (Å²) in [5.74, 6) is -1.03. The number of rotatable bonds is 4. The lowest BCUT2D eigenvalue weighted by Gasteiger charge is -2.33. The summed E-state index contributed by atoms with van der Waals surface area (Å²) < 4.78 is 5.29. The molecule has 0 bridgehead atoms. The van der Waals surface area contributed by atoms with Crippen molar-refractivity contribution < 1.29 is 19.4 Å². The number of likely N-dealkylation sites (tertiary alicyclic amines) is 1. The molecule has 7 heteroatoms. The van der Waals surface area contributed by atoms with Gasteiger partial charge in [-0.1, -0.05) is 6.07 Å². The second kappa shape index (κ2) is 7.61. The Bertz CT molecular complexity index is 598. The average molecular weight is 335 g/mol. The minimum atomic E-state index is -1.03. The van der Waals surface area contributed by atoms with Gasteiger partial charge in [0.25, 0.3) is 0 Å². The van der Waals surface area contributed by atoms with E-state index in [1.54, 1.807) is 6.07 Å². The van der Waals surface area contributed by atoms with Crippen LogP contribution in [0.25, 0.3) is 0 Å². The number of carboxylic acid groups (broad SMARTS) is 1. The first-order valence-electron chi connectivity index (χ1n) is 8.14. The number of pyridine rings is 1. The molecule has 0 spiro atoms. The van der Waals surface area contributed by atoms with E-state index in [0.29, 0.717) is 18.8 Å². The standard InChI is InChI=1S/C17H25N3O4/c1-17(2,3)24-16(23)19-13-7-5-9-20(11-13)10-12-6-4-8-14(18-12)15(21)22/h4,6,8,13H,5,7,9-11H2,1-3H3,(H,19,23)(H,21,22)/t13-/m1/s1. The van der Waals surface area contributed by atoms with Crippen LogP contribution in [0.15, 0.2) is 18.2 Å². The number of carbonyl (C=O) groups excluding carboxylic acids is 1. The first-order chi connectivity index (χ1) is 11.2. The van der Waals surface area contributed by atoms with E-state index in [9.17, 15) is 9.59 Å². The third-order valence-electron chi connectivity index (χ3n) is 3.64. The number of carboxylic acids is 1. The summed E-state index contributed by atoms with van der Waals surface area (Å²) in [5.41, 5.74) is 0.250. The van der Waals surface area contributed by atoms with Crippen LogP contribution in [-0.2, 0) is 11.3 Å². The maximum absolute atomic E-state index is 11.9. The van der Waals surface area contributed by atoms with E-state index in [4.69, 9.17) is 9.84 Å². The van der Waals surface area contributed by atoms with Crippen LogP contribution in [0.3, 0.4) is 0 Å². The predicted octanol–water partition coefficient (Wildman–Crippen LogP) is 2.27. The highest BCUT2D eigenvalue weighted by Crippen LogP contribution is 2.14. The molecule has 1 aliphatic heterocycles. The van der Waals surface area contributed by atoms with Gasteiger partial charge in [-0.3, -0.25) is 4.90 Å². The summed E-state index contributed by atoms with van der Waals surface area (Å²) in [5, 5.41) is 11.9. The molecule has 1 atom stereocenters. The van der Waals surface area contributed by atoms with Gasteiger partial charge >= 0.3 is 12.1 Å². The largest absolute Gasteiger partial charge is 0.477 e. The lowest BCUT2D eigenvalue weighted by molar-refractivity contribution is 0.0469. The zero-order valence-electron chi connectivity index (χ0n) is 14.4. The van der Waals surface area contributed by atoms with E-state index < -0.39 is 17.7 Å². The number of nitrogens with one attached hydrogen (secondary N) is 1. The van der Waals surface area contributed by atoms with Crippen LogP contribution in [0.2, 0.25) is 0 Å². The van der Waals surface area contributed by atoms with E-state index in [1.165, 1.54) is 6.07 Å². The number of ether oxygens (including phenoxy) is 1. The first-order valence-corrected chi connectivity index (χ1v) is 8.14. The van der Waals surface area contributed by atoms with Crippen LogP contribution in [0.4, 0.5) is 4.79 Å². The minimum absolute atomic E-state index is 0.0243. The second-order valence-electron chi connectivity index (χ2n) is 7.04. The minimum Gasteiger partial charge on any atom is -0.477 e. The number of aromatic nitrogens is 1. The molecule has 0 unspecified atom stereocenters. The molecule has 0 radical (unpaired) electrons. The molecule has 132 valence electrons. The van der Waals surface area contributed by atoms with Crippen molar-refractivity contribution in [2.75, 3.05) is 13.1 Å². The van der Waals surface area contributed by atoms with Crippen LogP contribution in [-0.4, -0.2) is 51.8 Å². The van der Waals surface area contributed by atoms with Gasteiger partial charge in [0, 0.05) is 19.1 Å². The van der Waals surface area contributed by atoms with Gasteiger partial charge in [0.15, 0.2) is 0 Å². The maximum Gasteiger partial charge on any atom is 0.407 e. The summed E-state index contributed by atoms with van der Waals surface area (Å²) in [6.07, 6.45) is 1.46. The number of hydrogen-bond donors (Lipinski definition) is 2. The summed E-state index contributed by atoms with van der Waals surface area (Å²) >= 11 is 0. The fourth-order valence-electron chi connectivity index (χ4n) is 2.71. The van der Waals surface area contributed by atoms with Crippen LogP contribution >= 0.6 is 0 Å². The lowest BCUT2D eigenvalue weighted by Crippen LogP contribution is -2.48. The van der Waals surface area contributed by atoms with Crippen molar-refractivity contribution in [2.45, 2.75) is 51.8 Å². The Morgan fingerprint density at radius 3 is 2.83 bits per heavy atom. The summed E-state index contributed by atoms with van der Waals surface area (Å²) in [4.78, 5) is 29.2. The van der Waals surface area contributed by atoms with Crippen molar-refractivity contribution >= 4 is 12.1 Å². The third kappa shape index (κ3) is 5.81. The van der Waals surface area contributed by atoms with E-state index in [1.807, 2.05) is 26.8 Å². The average Bonchev–Trinajstić information content (AvgIpc) is 2.45. The molecule has 1 fully saturated rings. The molecule has 2 N–H and O–H groups in total. The zero-order chi connectivity index (χ0) is 17.7. The summed E-state index contributed by atoms with van der Waals surface area (Å²) in [6.45, 7) is 7.65. The lowest BCUT2D eigenvalue weighted by atomic mass is 10.1. The molecule has 0 saturated carbocycles. The van der Waals surface area contributed by atoms with Crippen LogP contribution < -0.4 is 5.32 Å². The Morgan fingerprint density at radius 1 is 1.42 bits per heavy atom. The van der Waals surface area contributed by atoms with Gasteiger partial charge in [-0.05, 0) is 52.3 Å². The Balaban J connectivity index is 1.90. The number of amides is 1. The monoisotopic (exact) mass is 335 g/mol. The summed E-state index contributed by atoms with van der Waals surface area (Å²) in [6, 6.07) is 5.02. The Morgan fingerprint density at radius 2 is 2.17 bits per heavy atom. The van der Waals surface area contributed by atoms with Crippen molar-refractivity contribution in [3.63, 3.8) is 0 Å². The predicted molar refractivity (Wildman–Crippen MR) is 88.9 cm³/mol. The summed E-state index contributed by atoms with van der Waals surface area (Å²) in [7, 11) is 0. The van der Waals surface area contributed by atoms with Gasteiger partial charge < -0.3 is 15.2 Å². The Labute approximate surface area is 142 Å². The molecule has 24 heavy (non-hydrogen) atoms. The molecule has 2 heterocycles. The highest BCUT2D eigenvalue weighted by molar-refractivity contribution is 5.85. The highest BCUT2D eigenvalue weighted by atomic mass is 16.6. The molecule has 1 aromatic heterocycles. The molecule has 1 aromatic rings. The molecule has 0 aliphatic carbocycles. The number of piperidine rings is 1. The fourth-order valence-corrected chi connectivity index (χ4v) is 2.71. The van der Waals surface area contributed by atoms with Gasteiger partial charge in [0.05, 0.1) is 5.69 Å². The topological polar surface area (TPSA) is 91.8 Å². The van der Waals surface area contributed by atoms with E-state index in [-0.39, 0.29) is 11.7 Å². The SMILES string of the molecule is CC(C)(C)OC(=O)N[C@@H]1CCCN(Cc2cccc(C(=O)O)n2)C1. The van der Waals surface area contributed by atoms with Crippen molar-refractivity contribution in [3.8, 4) is 0 Å². The van der Waals surface area contributed by atoms with Gasteiger partial charge in [0.1, 0.15) is 11.3 Å². The molecule has 1 amide bonds. The van der Waals surface area contributed by atoms with Crippen LogP contribution in [0, 0.1) is 0 Å². The van der Waals surface area contributed by atoms with Crippen molar-refractivity contribution in [1.82, 2.24) is 15.2 Å². The molecular formula is C17H25N3O4. The van der Waals surface area contributed by atoms with Gasteiger partial charge in [-0.15, -0.1) is 0 Å². The van der Waals surface area contributed by atoms with E-state index in [0.717, 1.165) is 19.4 Å². The van der Waals surface area contributed by atoms with Crippen LogP contribution in [0.5, 0.6) is 0 Å². The Kier molecular flexibility index (Phi) is 5.77. The quantitative estimate of drug-likeness (QED) is 0.877.